The van der Waals surface area contributed by atoms with Gasteiger partial charge in [-0.25, -0.2) is 4.79 Å². The van der Waals surface area contributed by atoms with Crippen molar-refractivity contribution < 1.29 is 19.0 Å². The van der Waals surface area contributed by atoms with Crippen LogP contribution in [-0.4, -0.2) is 25.9 Å². The Hall–Kier alpha value is -2.89. The van der Waals surface area contributed by atoms with E-state index in [1.807, 2.05) is 50.2 Å². The summed E-state index contributed by atoms with van der Waals surface area (Å²) in [6.45, 7) is 4.01. The lowest BCUT2D eigenvalue weighted by molar-refractivity contribution is 0.0679. The van der Waals surface area contributed by atoms with E-state index in [2.05, 4.69) is 10.6 Å². The molecule has 6 nitrogen and oxygen atoms in total. The van der Waals surface area contributed by atoms with Crippen LogP contribution in [0.1, 0.15) is 31.9 Å². The van der Waals surface area contributed by atoms with Crippen molar-refractivity contribution in [1.82, 2.24) is 5.32 Å². The lowest BCUT2D eigenvalue weighted by Crippen LogP contribution is -2.42. The van der Waals surface area contributed by atoms with Gasteiger partial charge in [0.2, 0.25) is 0 Å². The van der Waals surface area contributed by atoms with Gasteiger partial charge in [0.1, 0.15) is 22.8 Å². The normalized spacial score (nSPS) is 17.5. The van der Waals surface area contributed by atoms with E-state index in [9.17, 15) is 4.79 Å². The maximum atomic E-state index is 12.5. The first-order valence-corrected chi connectivity index (χ1v) is 8.49. The lowest BCUT2D eigenvalue weighted by atomic mass is 9.89. The summed E-state index contributed by atoms with van der Waals surface area (Å²) < 4.78 is 16.5. The Kier molecular flexibility index (Phi) is 4.93. The first kappa shape index (κ1) is 17.9. The Balaban J connectivity index is 1.77. The first-order chi connectivity index (χ1) is 12.4. The number of carbonyl (C=O) groups is 1. The first-order valence-electron chi connectivity index (χ1n) is 8.49. The molecule has 0 spiro atoms. The van der Waals surface area contributed by atoms with Crippen LogP contribution in [0.25, 0.3) is 0 Å². The van der Waals surface area contributed by atoms with Crippen molar-refractivity contribution in [2.75, 3.05) is 19.5 Å². The molecule has 0 saturated carbocycles. The number of amides is 2. The molecule has 138 valence electrons. The molecular formula is C20H24N2O4. The van der Waals surface area contributed by atoms with E-state index in [-0.39, 0.29) is 12.1 Å². The average Bonchev–Trinajstić information content (AvgIpc) is 2.60. The van der Waals surface area contributed by atoms with Crippen LogP contribution in [0.4, 0.5) is 10.5 Å². The SMILES string of the molecule is COc1cccc(NC(=O)NC2CC(C)(C)Oc3cc(OC)ccc32)c1. The minimum absolute atomic E-state index is 0.162. The van der Waals surface area contributed by atoms with E-state index in [1.54, 1.807) is 20.3 Å². The molecule has 0 saturated heterocycles. The molecule has 0 aliphatic carbocycles. The van der Waals surface area contributed by atoms with Gasteiger partial charge in [-0.05, 0) is 38.1 Å². The number of anilines is 1. The van der Waals surface area contributed by atoms with Crippen molar-refractivity contribution in [2.45, 2.75) is 31.9 Å². The Labute approximate surface area is 153 Å². The van der Waals surface area contributed by atoms with Crippen molar-refractivity contribution in [1.29, 1.82) is 0 Å². The van der Waals surface area contributed by atoms with Gasteiger partial charge in [0.25, 0.3) is 0 Å². The second-order valence-corrected chi connectivity index (χ2v) is 6.85. The molecular weight excluding hydrogens is 332 g/mol. The molecule has 2 aromatic carbocycles. The van der Waals surface area contributed by atoms with Gasteiger partial charge in [-0.2, -0.15) is 0 Å². The molecule has 1 aliphatic heterocycles. The minimum atomic E-state index is -0.396. The molecule has 1 unspecified atom stereocenters. The highest BCUT2D eigenvalue weighted by Gasteiger charge is 2.34. The largest absolute Gasteiger partial charge is 0.497 e. The molecule has 1 atom stereocenters. The van der Waals surface area contributed by atoms with Crippen molar-refractivity contribution in [3.8, 4) is 17.2 Å². The fraction of sp³-hybridized carbons (Fsp3) is 0.350. The summed E-state index contributed by atoms with van der Waals surface area (Å²) in [6.07, 6.45) is 0.665. The highest BCUT2D eigenvalue weighted by atomic mass is 16.5. The molecule has 6 heteroatoms. The zero-order chi connectivity index (χ0) is 18.7. The second kappa shape index (κ2) is 7.15. The standard InChI is InChI=1S/C20H24N2O4/c1-20(2)12-17(16-9-8-15(25-4)11-18(16)26-20)22-19(23)21-13-6-5-7-14(10-13)24-3/h5-11,17H,12H2,1-4H3,(H2,21,22,23). The fourth-order valence-corrected chi connectivity index (χ4v) is 3.11. The van der Waals surface area contributed by atoms with Crippen molar-refractivity contribution in [2.24, 2.45) is 0 Å². The molecule has 26 heavy (non-hydrogen) atoms. The van der Waals surface area contributed by atoms with Gasteiger partial charge in [0, 0.05) is 29.8 Å². The molecule has 0 bridgehead atoms. The van der Waals surface area contributed by atoms with Crippen LogP contribution >= 0.6 is 0 Å². The summed E-state index contributed by atoms with van der Waals surface area (Å²) in [5.41, 5.74) is 1.21. The molecule has 1 heterocycles. The zero-order valence-electron chi connectivity index (χ0n) is 15.5. The Morgan fingerprint density at radius 1 is 1.12 bits per heavy atom. The number of urea groups is 1. The summed E-state index contributed by atoms with van der Waals surface area (Å²) in [5, 5.41) is 5.89. The highest BCUT2D eigenvalue weighted by molar-refractivity contribution is 5.89. The topological polar surface area (TPSA) is 68.8 Å². The van der Waals surface area contributed by atoms with Crippen molar-refractivity contribution in [3.63, 3.8) is 0 Å². The van der Waals surface area contributed by atoms with E-state index in [1.165, 1.54) is 0 Å². The van der Waals surface area contributed by atoms with Crippen LogP contribution < -0.4 is 24.8 Å². The maximum absolute atomic E-state index is 12.5. The molecule has 0 aromatic heterocycles. The maximum Gasteiger partial charge on any atom is 0.319 e. The van der Waals surface area contributed by atoms with Gasteiger partial charge in [-0.3, -0.25) is 0 Å². The minimum Gasteiger partial charge on any atom is -0.497 e. The number of carbonyl (C=O) groups excluding carboxylic acids is 1. The summed E-state index contributed by atoms with van der Waals surface area (Å²) >= 11 is 0. The molecule has 2 N–H and O–H groups in total. The summed E-state index contributed by atoms with van der Waals surface area (Å²) in [5.74, 6) is 2.14. The Morgan fingerprint density at radius 3 is 2.58 bits per heavy atom. The van der Waals surface area contributed by atoms with Gasteiger partial charge in [0.15, 0.2) is 0 Å². The number of rotatable bonds is 4. The zero-order valence-corrected chi connectivity index (χ0v) is 15.5. The number of fused-ring (bicyclic) bond motifs is 1. The van der Waals surface area contributed by atoms with Gasteiger partial charge in [-0.15, -0.1) is 0 Å². The fourth-order valence-electron chi connectivity index (χ4n) is 3.11. The smallest absolute Gasteiger partial charge is 0.319 e. The third-order valence-electron chi connectivity index (χ3n) is 4.31. The summed E-state index contributed by atoms with van der Waals surface area (Å²) in [7, 11) is 3.21. The van der Waals surface area contributed by atoms with E-state index in [4.69, 9.17) is 14.2 Å². The van der Waals surface area contributed by atoms with Crippen LogP contribution in [0.3, 0.4) is 0 Å². The monoisotopic (exact) mass is 356 g/mol. The van der Waals surface area contributed by atoms with Crippen LogP contribution in [0.2, 0.25) is 0 Å². The quantitative estimate of drug-likeness (QED) is 0.864. The van der Waals surface area contributed by atoms with E-state index < -0.39 is 5.60 Å². The van der Waals surface area contributed by atoms with Crippen molar-refractivity contribution in [3.05, 3.63) is 48.0 Å². The van der Waals surface area contributed by atoms with Crippen LogP contribution in [0.15, 0.2) is 42.5 Å². The van der Waals surface area contributed by atoms with E-state index >= 15 is 0 Å². The van der Waals surface area contributed by atoms with Gasteiger partial charge < -0.3 is 24.8 Å². The Bertz CT molecular complexity index is 804. The average molecular weight is 356 g/mol. The second-order valence-electron chi connectivity index (χ2n) is 6.85. The molecule has 2 aromatic rings. The third kappa shape index (κ3) is 4.02. The molecule has 1 aliphatic rings. The summed E-state index contributed by atoms with van der Waals surface area (Å²) in [4.78, 5) is 12.5. The summed E-state index contributed by atoms with van der Waals surface area (Å²) in [6, 6.07) is 12.5. The number of benzene rings is 2. The third-order valence-corrected chi connectivity index (χ3v) is 4.31. The van der Waals surface area contributed by atoms with Crippen LogP contribution in [0.5, 0.6) is 17.2 Å². The van der Waals surface area contributed by atoms with Gasteiger partial charge in [-0.1, -0.05) is 6.07 Å². The Morgan fingerprint density at radius 2 is 1.85 bits per heavy atom. The number of methoxy groups -OCH3 is 2. The number of hydrogen-bond donors (Lipinski definition) is 2. The van der Waals surface area contributed by atoms with Gasteiger partial charge in [0.05, 0.1) is 20.3 Å². The number of nitrogens with one attached hydrogen (secondary N) is 2. The molecule has 3 rings (SSSR count). The molecule has 0 radical (unpaired) electrons. The van der Waals surface area contributed by atoms with Gasteiger partial charge >= 0.3 is 6.03 Å². The number of hydrogen-bond acceptors (Lipinski definition) is 4. The molecule has 0 fully saturated rings. The molecule has 2 amide bonds. The highest BCUT2D eigenvalue weighted by Crippen LogP contribution is 2.41. The predicted molar refractivity (Wildman–Crippen MR) is 100 cm³/mol. The van der Waals surface area contributed by atoms with E-state index in [0.29, 0.717) is 17.9 Å². The predicted octanol–water partition coefficient (Wildman–Crippen LogP) is 4.13. The van der Waals surface area contributed by atoms with Crippen LogP contribution in [-0.2, 0) is 0 Å². The van der Waals surface area contributed by atoms with Crippen LogP contribution in [0, 0.1) is 0 Å². The van der Waals surface area contributed by atoms with E-state index in [0.717, 1.165) is 17.1 Å². The van der Waals surface area contributed by atoms with Crippen molar-refractivity contribution >= 4 is 11.7 Å². The number of ether oxygens (including phenoxy) is 3. The lowest BCUT2D eigenvalue weighted by Gasteiger charge is -2.38.